The summed E-state index contributed by atoms with van der Waals surface area (Å²) in [7, 11) is 0. The topological polar surface area (TPSA) is 100 Å². The van der Waals surface area contributed by atoms with Crippen molar-refractivity contribution in [1.29, 1.82) is 0 Å². The average molecular weight is 453 g/mol. The van der Waals surface area contributed by atoms with Crippen LogP contribution in [0.4, 0.5) is 18.9 Å². The first-order valence-corrected chi connectivity index (χ1v) is 10.5. The third-order valence-corrected chi connectivity index (χ3v) is 5.48. The van der Waals surface area contributed by atoms with Crippen molar-refractivity contribution < 1.29 is 27.9 Å². The van der Waals surface area contributed by atoms with E-state index in [1.54, 1.807) is 4.68 Å². The Morgan fingerprint density at radius 1 is 1.28 bits per heavy atom. The molecule has 4 rings (SSSR count). The number of carbonyl (C=O) groups is 2. The lowest BCUT2D eigenvalue weighted by molar-refractivity contribution is -0.192. The number of aliphatic carboxylic acids is 1. The number of amides is 1. The van der Waals surface area contributed by atoms with Gasteiger partial charge in [-0.25, -0.2) is 9.48 Å². The summed E-state index contributed by atoms with van der Waals surface area (Å²) in [5.41, 5.74) is 3.11. The molecule has 1 aromatic carbocycles. The number of piperidine rings is 1. The van der Waals surface area contributed by atoms with Gasteiger partial charge in [-0.1, -0.05) is 23.8 Å². The van der Waals surface area contributed by atoms with E-state index in [4.69, 9.17) is 9.90 Å². The number of benzene rings is 1. The number of aryl methyl sites for hydroxylation is 1. The summed E-state index contributed by atoms with van der Waals surface area (Å²) in [4.78, 5) is 23.6. The number of alkyl halides is 3. The van der Waals surface area contributed by atoms with Crippen LogP contribution in [-0.4, -0.2) is 57.3 Å². The molecule has 0 aliphatic carbocycles. The molecule has 2 atom stereocenters. The van der Waals surface area contributed by atoms with Crippen LogP contribution < -0.4 is 10.2 Å². The molecule has 2 fully saturated rings. The van der Waals surface area contributed by atoms with E-state index in [1.807, 2.05) is 36.2 Å². The molecule has 2 aliphatic rings. The summed E-state index contributed by atoms with van der Waals surface area (Å²) < 4.78 is 33.5. The van der Waals surface area contributed by atoms with E-state index in [9.17, 15) is 18.0 Å². The van der Waals surface area contributed by atoms with Crippen molar-refractivity contribution >= 4 is 17.6 Å². The zero-order valence-corrected chi connectivity index (χ0v) is 17.7. The minimum absolute atomic E-state index is 0.109. The molecule has 32 heavy (non-hydrogen) atoms. The Bertz CT molecular complexity index is 941. The summed E-state index contributed by atoms with van der Waals surface area (Å²) in [6, 6.07) is 8.35. The van der Waals surface area contributed by atoms with Gasteiger partial charge in [0.2, 0.25) is 0 Å². The van der Waals surface area contributed by atoms with E-state index in [-0.39, 0.29) is 11.9 Å². The van der Waals surface area contributed by atoms with Crippen LogP contribution >= 0.6 is 0 Å². The summed E-state index contributed by atoms with van der Waals surface area (Å²) in [6.07, 6.45) is 2.27. The quantitative estimate of drug-likeness (QED) is 0.739. The molecule has 3 heterocycles. The number of anilines is 1. The van der Waals surface area contributed by atoms with Crippen molar-refractivity contribution in [1.82, 2.24) is 20.3 Å². The Morgan fingerprint density at radius 2 is 2.03 bits per heavy atom. The largest absolute Gasteiger partial charge is 0.490 e. The monoisotopic (exact) mass is 453 g/mol. The smallest absolute Gasteiger partial charge is 0.475 e. The van der Waals surface area contributed by atoms with Gasteiger partial charge in [0, 0.05) is 30.9 Å². The SMILES string of the molecule is Cc1cccc(N2CCC(n3cc(CC4CCCCN4)nn3)C2=O)c1.O=C(O)C(F)(F)F. The first kappa shape index (κ1) is 23.7. The molecule has 2 unspecified atom stereocenters. The summed E-state index contributed by atoms with van der Waals surface area (Å²) in [6.45, 7) is 3.86. The van der Waals surface area contributed by atoms with E-state index >= 15 is 0 Å². The highest BCUT2D eigenvalue weighted by Gasteiger charge is 2.38. The van der Waals surface area contributed by atoms with Crippen LogP contribution in [0.1, 0.15) is 43.0 Å². The van der Waals surface area contributed by atoms with Crippen molar-refractivity contribution in [2.24, 2.45) is 0 Å². The molecule has 11 heteroatoms. The van der Waals surface area contributed by atoms with Gasteiger partial charge in [-0.3, -0.25) is 4.79 Å². The molecular formula is C21H26F3N5O3. The number of hydrogen-bond acceptors (Lipinski definition) is 5. The van der Waals surface area contributed by atoms with E-state index in [0.717, 1.165) is 42.9 Å². The molecule has 174 valence electrons. The molecule has 2 aromatic rings. The second kappa shape index (κ2) is 10.1. The van der Waals surface area contributed by atoms with E-state index in [0.29, 0.717) is 6.04 Å². The average Bonchev–Trinajstić information content (AvgIpc) is 3.35. The van der Waals surface area contributed by atoms with Crippen molar-refractivity contribution in [2.75, 3.05) is 18.0 Å². The number of aromatic nitrogens is 3. The Hall–Kier alpha value is -2.95. The minimum Gasteiger partial charge on any atom is -0.475 e. The fourth-order valence-corrected chi connectivity index (χ4v) is 3.87. The van der Waals surface area contributed by atoms with Gasteiger partial charge in [0.1, 0.15) is 6.04 Å². The number of hydrogen-bond donors (Lipinski definition) is 2. The first-order chi connectivity index (χ1) is 15.1. The predicted molar refractivity (Wildman–Crippen MR) is 110 cm³/mol. The zero-order chi connectivity index (χ0) is 23.3. The van der Waals surface area contributed by atoms with Gasteiger partial charge in [-0.05, 0) is 50.4 Å². The highest BCUT2D eigenvalue weighted by atomic mass is 19.4. The van der Waals surface area contributed by atoms with E-state index in [2.05, 4.69) is 21.7 Å². The first-order valence-electron chi connectivity index (χ1n) is 10.5. The van der Waals surface area contributed by atoms with Crippen LogP contribution in [0.2, 0.25) is 0 Å². The van der Waals surface area contributed by atoms with E-state index < -0.39 is 12.1 Å². The Labute approximate surface area is 183 Å². The highest BCUT2D eigenvalue weighted by Crippen LogP contribution is 2.28. The third-order valence-electron chi connectivity index (χ3n) is 5.48. The third kappa shape index (κ3) is 6.06. The Morgan fingerprint density at radius 3 is 2.66 bits per heavy atom. The normalized spacial score (nSPS) is 21.2. The number of nitrogens with zero attached hydrogens (tertiary/aromatic N) is 4. The van der Waals surface area contributed by atoms with Gasteiger partial charge < -0.3 is 15.3 Å². The van der Waals surface area contributed by atoms with Crippen LogP contribution in [0.5, 0.6) is 0 Å². The summed E-state index contributed by atoms with van der Waals surface area (Å²) in [5.74, 6) is -2.65. The lowest BCUT2D eigenvalue weighted by Crippen LogP contribution is -2.35. The maximum absolute atomic E-state index is 12.8. The molecule has 2 aliphatic heterocycles. The number of nitrogens with one attached hydrogen (secondary N) is 1. The molecule has 0 radical (unpaired) electrons. The molecular weight excluding hydrogens is 427 g/mol. The number of carbonyl (C=O) groups excluding carboxylic acids is 1. The Kier molecular flexibility index (Phi) is 7.49. The van der Waals surface area contributed by atoms with E-state index in [1.165, 1.54) is 19.3 Å². The van der Waals surface area contributed by atoms with Gasteiger partial charge in [0.05, 0.1) is 5.69 Å². The lowest BCUT2D eigenvalue weighted by atomic mass is 10.0. The van der Waals surface area contributed by atoms with Crippen molar-refractivity contribution in [3.8, 4) is 0 Å². The van der Waals surface area contributed by atoms with Crippen molar-refractivity contribution in [3.63, 3.8) is 0 Å². The molecule has 2 saturated heterocycles. The van der Waals surface area contributed by atoms with Gasteiger partial charge >= 0.3 is 12.1 Å². The van der Waals surface area contributed by atoms with Crippen molar-refractivity contribution in [3.05, 3.63) is 41.7 Å². The fourth-order valence-electron chi connectivity index (χ4n) is 3.87. The van der Waals surface area contributed by atoms with Crippen LogP contribution in [0.15, 0.2) is 30.5 Å². The molecule has 0 saturated carbocycles. The highest BCUT2D eigenvalue weighted by molar-refractivity contribution is 5.98. The Balaban J connectivity index is 0.000000360. The van der Waals surface area contributed by atoms with Gasteiger partial charge in [-0.2, -0.15) is 13.2 Å². The maximum atomic E-state index is 12.8. The fraction of sp³-hybridized carbons (Fsp3) is 0.524. The second-order valence-electron chi connectivity index (χ2n) is 7.98. The molecule has 0 spiro atoms. The molecule has 8 nitrogen and oxygen atoms in total. The summed E-state index contributed by atoms with van der Waals surface area (Å²) >= 11 is 0. The van der Waals surface area contributed by atoms with Crippen LogP contribution in [-0.2, 0) is 16.0 Å². The molecule has 1 amide bonds. The second-order valence-corrected chi connectivity index (χ2v) is 7.98. The van der Waals surface area contributed by atoms with Gasteiger partial charge in [0.25, 0.3) is 5.91 Å². The van der Waals surface area contributed by atoms with Crippen LogP contribution in [0.3, 0.4) is 0 Å². The van der Waals surface area contributed by atoms with Gasteiger partial charge in [-0.15, -0.1) is 5.10 Å². The standard InChI is InChI=1S/C19H25N5O.C2HF3O2/c1-14-5-4-7-17(11-14)23-10-8-18(19(23)25)24-13-16(21-22-24)12-15-6-2-3-9-20-15;3-2(4,5)1(6)7/h4-5,7,11,13,15,18,20H,2-3,6,8-10,12H2,1H3;(H,6,7). The molecule has 1 aromatic heterocycles. The lowest BCUT2D eigenvalue weighted by Gasteiger charge is -2.22. The molecule has 2 N–H and O–H groups in total. The van der Waals surface area contributed by atoms with Gasteiger partial charge in [0.15, 0.2) is 0 Å². The zero-order valence-electron chi connectivity index (χ0n) is 17.7. The van der Waals surface area contributed by atoms with Crippen LogP contribution in [0.25, 0.3) is 0 Å². The predicted octanol–water partition coefficient (Wildman–Crippen LogP) is 2.88. The number of carboxylic acids is 1. The molecule has 0 bridgehead atoms. The number of rotatable bonds is 4. The minimum atomic E-state index is -5.08. The maximum Gasteiger partial charge on any atom is 0.490 e. The van der Waals surface area contributed by atoms with Crippen molar-refractivity contribution in [2.45, 2.75) is 57.3 Å². The number of halogens is 3. The summed E-state index contributed by atoms with van der Waals surface area (Å²) in [5, 5.41) is 19.2. The van der Waals surface area contributed by atoms with Crippen LogP contribution in [0, 0.1) is 6.92 Å². The number of carboxylic acid groups (broad SMARTS) is 1.